The Morgan fingerprint density at radius 3 is 2.71 bits per heavy atom. The van der Waals surface area contributed by atoms with Crippen molar-refractivity contribution in [1.82, 2.24) is 19.9 Å². The van der Waals surface area contributed by atoms with Crippen molar-refractivity contribution in [2.75, 3.05) is 24.7 Å². The Morgan fingerprint density at radius 2 is 2.03 bits per heavy atom. The van der Waals surface area contributed by atoms with Crippen molar-refractivity contribution in [2.24, 2.45) is 0 Å². The van der Waals surface area contributed by atoms with Crippen LogP contribution in [0.25, 0.3) is 5.69 Å². The number of carbonyl (C=O) groups is 1. The van der Waals surface area contributed by atoms with E-state index < -0.39 is 11.5 Å². The van der Waals surface area contributed by atoms with Gasteiger partial charge in [0.1, 0.15) is 23.5 Å². The number of ether oxygens (including phenoxy) is 1. The molecular formula is C23H22Cl2N6O3. The van der Waals surface area contributed by atoms with Crippen LogP contribution in [-0.2, 0) is 12.0 Å². The summed E-state index contributed by atoms with van der Waals surface area (Å²) in [6, 6.07) is 3.02. The fraction of sp³-hybridized carbons (Fsp3) is 0.304. The van der Waals surface area contributed by atoms with E-state index in [1.54, 1.807) is 6.20 Å². The van der Waals surface area contributed by atoms with E-state index in [-0.39, 0.29) is 32.7 Å². The predicted molar refractivity (Wildman–Crippen MR) is 130 cm³/mol. The Hall–Kier alpha value is -3.14. The number of anilines is 2. The van der Waals surface area contributed by atoms with Gasteiger partial charge in [-0.1, -0.05) is 23.2 Å². The number of nitrogens with two attached hydrogens (primary N) is 1. The molecule has 2 aromatic heterocycles. The fourth-order valence-corrected chi connectivity index (χ4v) is 5.56. The molecule has 176 valence electrons. The van der Waals surface area contributed by atoms with Crippen molar-refractivity contribution in [3.63, 3.8) is 0 Å². The quantitative estimate of drug-likeness (QED) is 0.501. The maximum absolute atomic E-state index is 13.3. The first-order valence-corrected chi connectivity index (χ1v) is 11.5. The number of nitrogen functional groups attached to an aromatic ring is 1. The summed E-state index contributed by atoms with van der Waals surface area (Å²) in [6.45, 7) is 0.957. The minimum absolute atomic E-state index is 0.0923. The lowest BCUT2D eigenvalue weighted by Crippen LogP contribution is -2.34. The average Bonchev–Trinajstić information content (AvgIpc) is 3.43. The average molecular weight is 501 g/mol. The molecule has 1 aliphatic heterocycles. The zero-order valence-corrected chi connectivity index (χ0v) is 19.8. The van der Waals surface area contributed by atoms with Crippen LogP contribution in [0.5, 0.6) is 5.75 Å². The van der Waals surface area contributed by atoms with Crippen molar-refractivity contribution in [1.29, 1.82) is 0 Å². The molecule has 1 fully saturated rings. The summed E-state index contributed by atoms with van der Waals surface area (Å²) in [4.78, 5) is 35.0. The van der Waals surface area contributed by atoms with Gasteiger partial charge in [-0.3, -0.25) is 19.1 Å². The lowest BCUT2D eigenvalue weighted by atomic mass is 9.91. The lowest BCUT2D eigenvalue weighted by Gasteiger charge is -2.25. The first kappa shape index (κ1) is 22.6. The summed E-state index contributed by atoms with van der Waals surface area (Å²) in [7, 11) is 1.47. The molecule has 3 heterocycles. The molecular weight excluding hydrogens is 479 g/mol. The molecule has 4 N–H and O–H groups in total. The van der Waals surface area contributed by atoms with Crippen LogP contribution >= 0.6 is 23.2 Å². The van der Waals surface area contributed by atoms with Gasteiger partial charge in [0.25, 0.3) is 11.5 Å². The molecule has 3 aromatic rings. The first-order valence-electron chi connectivity index (χ1n) is 10.8. The molecule has 0 bridgehead atoms. The number of pyridine rings is 1. The number of nitrogens with zero attached hydrogens (tertiary/aromatic N) is 3. The number of benzene rings is 1. The number of nitrogens with one attached hydrogen (secondary N) is 2. The normalized spacial score (nSPS) is 18.8. The third-order valence-electron chi connectivity index (χ3n) is 6.56. The molecule has 1 aliphatic carbocycles. The van der Waals surface area contributed by atoms with Crippen LogP contribution in [-0.4, -0.2) is 34.1 Å². The number of halogens is 2. The monoisotopic (exact) mass is 500 g/mol. The highest BCUT2D eigenvalue weighted by molar-refractivity contribution is 6.38. The third kappa shape index (κ3) is 3.60. The summed E-state index contributed by atoms with van der Waals surface area (Å²) in [5.74, 6) is -0.456. The van der Waals surface area contributed by atoms with E-state index in [9.17, 15) is 9.59 Å². The summed E-state index contributed by atoms with van der Waals surface area (Å²) < 4.78 is 6.25. The summed E-state index contributed by atoms with van der Waals surface area (Å²) in [6.07, 6.45) is 8.49. The second kappa shape index (κ2) is 8.57. The van der Waals surface area contributed by atoms with Crippen LogP contribution in [0.2, 0.25) is 10.0 Å². The molecule has 2 aliphatic rings. The Labute approximate surface area is 205 Å². The SMILES string of the molecule is COc1cc(Cl)c(-n2cnc(N)c(C(=O)Nc3cncc4c3CCC43CCCN3)c2=O)c(Cl)c1. The number of aromatic nitrogens is 3. The number of methoxy groups -OCH3 is 1. The summed E-state index contributed by atoms with van der Waals surface area (Å²) in [5.41, 5.74) is 7.69. The van der Waals surface area contributed by atoms with Gasteiger partial charge in [0.2, 0.25) is 0 Å². The van der Waals surface area contributed by atoms with Crippen LogP contribution in [0, 0.1) is 0 Å². The van der Waals surface area contributed by atoms with Gasteiger partial charge in [-0.2, -0.15) is 0 Å². The van der Waals surface area contributed by atoms with Crippen LogP contribution in [0.3, 0.4) is 0 Å². The molecule has 9 nitrogen and oxygen atoms in total. The van der Waals surface area contributed by atoms with Gasteiger partial charge in [0.15, 0.2) is 0 Å². The van der Waals surface area contributed by atoms with Gasteiger partial charge in [0, 0.05) is 23.9 Å². The lowest BCUT2D eigenvalue weighted by molar-refractivity contribution is 0.102. The van der Waals surface area contributed by atoms with Crippen molar-refractivity contribution in [3.8, 4) is 11.4 Å². The molecule has 11 heteroatoms. The molecule has 34 heavy (non-hydrogen) atoms. The van der Waals surface area contributed by atoms with Crippen LogP contribution in [0.1, 0.15) is 40.7 Å². The van der Waals surface area contributed by atoms with Gasteiger partial charge in [-0.25, -0.2) is 4.98 Å². The molecule has 1 atom stereocenters. The Kier molecular flexibility index (Phi) is 5.71. The Morgan fingerprint density at radius 1 is 1.26 bits per heavy atom. The molecule has 1 aromatic carbocycles. The maximum atomic E-state index is 13.3. The van der Waals surface area contributed by atoms with Gasteiger partial charge in [0.05, 0.1) is 34.7 Å². The standard InChI is InChI=1S/C23H22Cl2N6O3/c1-34-12-7-15(24)19(16(25)8-12)31-11-28-20(26)18(22(31)33)21(32)30-17-10-27-9-14-13(17)3-5-23(14)4-2-6-29-23/h7-11,29H,2-6,26H2,1H3,(H,30,32). The van der Waals surface area contributed by atoms with Gasteiger partial charge in [-0.15, -0.1) is 0 Å². The van der Waals surface area contributed by atoms with Gasteiger partial charge >= 0.3 is 0 Å². The van der Waals surface area contributed by atoms with Crippen LogP contribution < -0.4 is 26.7 Å². The number of amides is 1. The van der Waals surface area contributed by atoms with Crippen molar-refractivity contribution < 1.29 is 9.53 Å². The Bertz CT molecular complexity index is 1340. The maximum Gasteiger partial charge on any atom is 0.273 e. The van der Waals surface area contributed by atoms with Crippen molar-refractivity contribution in [2.45, 2.75) is 31.2 Å². The molecule has 1 unspecified atom stereocenters. The van der Waals surface area contributed by atoms with E-state index in [1.165, 1.54) is 25.6 Å². The fourth-order valence-electron chi connectivity index (χ4n) is 4.91. The number of carbonyl (C=O) groups excluding carboxylic acids is 1. The Balaban J connectivity index is 1.53. The van der Waals surface area contributed by atoms with E-state index in [1.807, 2.05) is 6.20 Å². The summed E-state index contributed by atoms with van der Waals surface area (Å²) in [5, 5.41) is 6.73. The van der Waals surface area contributed by atoms with Crippen molar-refractivity contribution >= 4 is 40.6 Å². The zero-order chi connectivity index (χ0) is 24.0. The summed E-state index contributed by atoms with van der Waals surface area (Å²) >= 11 is 12.7. The van der Waals surface area contributed by atoms with E-state index in [0.717, 1.165) is 47.9 Å². The molecule has 1 amide bonds. The second-order valence-electron chi connectivity index (χ2n) is 8.40. The number of hydrogen-bond acceptors (Lipinski definition) is 7. The molecule has 1 saturated heterocycles. The van der Waals surface area contributed by atoms with Gasteiger partial charge in [-0.05, 0) is 43.4 Å². The topological polar surface area (TPSA) is 124 Å². The zero-order valence-electron chi connectivity index (χ0n) is 18.3. The molecule has 5 rings (SSSR count). The number of fused-ring (bicyclic) bond motifs is 2. The molecule has 1 spiro atoms. The minimum Gasteiger partial charge on any atom is -0.497 e. The largest absolute Gasteiger partial charge is 0.497 e. The highest BCUT2D eigenvalue weighted by atomic mass is 35.5. The highest BCUT2D eigenvalue weighted by Gasteiger charge is 2.42. The van der Waals surface area contributed by atoms with E-state index in [2.05, 4.69) is 20.6 Å². The van der Waals surface area contributed by atoms with E-state index >= 15 is 0 Å². The second-order valence-corrected chi connectivity index (χ2v) is 9.21. The van der Waals surface area contributed by atoms with E-state index in [0.29, 0.717) is 11.4 Å². The predicted octanol–water partition coefficient (Wildman–Crippen LogP) is 3.30. The molecule has 0 saturated carbocycles. The number of rotatable bonds is 4. The number of hydrogen-bond donors (Lipinski definition) is 3. The van der Waals surface area contributed by atoms with Crippen molar-refractivity contribution in [3.05, 3.63) is 67.9 Å². The van der Waals surface area contributed by atoms with E-state index in [4.69, 9.17) is 33.7 Å². The van der Waals surface area contributed by atoms with Crippen LogP contribution in [0.15, 0.2) is 35.6 Å². The third-order valence-corrected chi connectivity index (χ3v) is 7.14. The first-order chi connectivity index (χ1) is 16.3. The smallest absolute Gasteiger partial charge is 0.273 e. The van der Waals surface area contributed by atoms with Gasteiger partial charge < -0.3 is 21.1 Å². The highest BCUT2D eigenvalue weighted by Crippen LogP contribution is 2.44. The molecule has 0 radical (unpaired) electrons. The minimum atomic E-state index is -0.701. The van der Waals surface area contributed by atoms with Crippen LogP contribution in [0.4, 0.5) is 11.5 Å².